The van der Waals surface area contributed by atoms with Crippen molar-refractivity contribution in [2.75, 3.05) is 11.1 Å². The monoisotopic (exact) mass is 595 g/mol. The van der Waals surface area contributed by atoms with E-state index in [1.807, 2.05) is 30.3 Å². The minimum Gasteiger partial charge on any atom is -0.345 e. The molecular formula is C29H21ClF3N5O2S. The van der Waals surface area contributed by atoms with Gasteiger partial charge in [-0.1, -0.05) is 78.0 Å². The number of thioether (sulfide) groups is 1. The van der Waals surface area contributed by atoms with Crippen LogP contribution in [-0.2, 0) is 17.5 Å². The van der Waals surface area contributed by atoms with Gasteiger partial charge < -0.3 is 10.6 Å². The molecule has 208 valence electrons. The van der Waals surface area contributed by atoms with Crippen LogP contribution in [-0.4, -0.2) is 32.3 Å². The molecule has 0 radical (unpaired) electrons. The fourth-order valence-electron chi connectivity index (χ4n) is 4.22. The molecule has 0 saturated carbocycles. The van der Waals surface area contributed by atoms with Crippen LogP contribution in [0.3, 0.4) is 0 Å². The van der Waals surface area contributed by atoms with E-state index in [2.05, 4.69) is 20.8 Å². The smallest absolute Gasteiger partial charge is 0.345 e. The van der Waals surface area contributed by atoms with Crippen LogP contribution < -0.4 is 10.6 Å². The molecule has 5 rings (SSSR count). The molecule has 1 aromatic heterocycles. The Kier molecular flexibility index (Phi) is 8.27. The first-order chi connectivity index (χ1) is 19.7. The lowest BCUT2D eigenvalue weighted by molar-refractivity contribution is -0.137. The Hall–Kier alpha value is -4.35. The minimum absolute atomic E-state index is 0.00722. The number of anilines is 1. The molecule has 0 atom stereocenters. The van der Waals surface area contributed by atoms with Gasteiger partial charge in [-0.05, 0) is 47.2 Å². The van der Waals surface area contributed by atoms with E-state index in [9.17, 15) is 22.8 Å². The maximum Gasteiger partial charge on any atom is 0.418 e. The van der Waals surface area contributed by atoms with Crippen molar-refractivity contribution in [2.45, 2.75) is 17.9 Å². The molecular weight excluding hydrogens is 575 g/mol. The van der Waals surface area contributed by atoms with Crippen molar-refractivity contribution < 1.29 is 22.8 Å². The summed E-state index contributed by atoms with van der Waals surface area (Å²) in [4.78, 5) is 25.7. The minimum atomic E-state index is -4.62. The number of carbonyl (C=O) groups is 2. The van der Waals surface area contributed by atoms with Crippen LogP contribution in [0.5, 0.6) is 0 Å². The van der Waals surface area contributed by atoms with E-state index in [0.717, 1.165) is 28.6 Å². The molecule has 2 N–H and O–H groups in total. The van der Waals surface area contributed by atoms with E-state index in [1.54, 1.807) is 41.0 Å². The van der Waals surface area contributed by atoms with E-state index < -0.39 is 17.6 Å². The lowest BCUT2D eigenvalue weighted by Gasteiger charge is -2.14. The summed E-state index contributed by atoms with van der Waals surface area (Å²) in [5.41, 5.74) is -0.187. The van der Waals surface area contributed by atoms with Crippen molar-refractivity contribution >= 4 is 51.6 Å². The van der Waals surface area contributed by atoms with Crippen LogP contribution >= 0.6 is 23.4 Å². The average molecular weight is 596 g/mol. The van der Waals surface area contributed by atoms with Crippen LogP contribution in [0.2, 0.25) is 5.02 Å². The third-order valence-electron chi connectivity index (χ3n) is 6.05. The van der Waals surface area contributed by atoms with E-state index in [-0.39, 0.29) is 23.9 Å². The van der Waals surface area contributed by atoms with E-state index in [4.69, 9.17) is 11.6 Å². The van der Waals surface area contributed by atoms with Gasteiger partial charge in [0, 0.05) is 10.6 Å². The molecule has 0 saturated heterocycles. The van der Waals surface area contributed by atoms with Crippen molar-refractivity contribution in [1.29, 1.82) is 0 Å². The predicted molar refractivity (Wildman–Crippen MR) is 152 cm³/mol. The Morgan fingerprint density at radius 2 is 1.63 bits per heavy atom. The van der Waals surface area contributed by atoms with Crippen molar-refractivity contribution in [3.63, 3.8) is 0 Å². The Labute approximate surface area is 241 Å². The van der Waals surface area contributed by atoms with Crippen molar-refractivity contribution in [3.05, 3.63) is 113 Å². The standard InChI is InChI=1S/C29H21ClF3N5O2S/c30-19-9-6-10-20(15-19)38-25(16-34-27(40)22-12-5-8-18-7-1-2-11-21(18)22)36-37-28(38)41-17-26(39)35-24-14-4-3-13-23(24)29(31,32)33/h1-15H,16-17H2,(H,34,40)(H,35,39). The van der Waals surface area contributed by atoms with E-state index in [0.29, 0.717) is 27.3 Å². The average Bonchev–Trinajstić information content (AvgIpc) is 3.37. The molecule has 0 aliphatic carbocycles. The van der Waals surface area contributed by atoms with Gasteiger partial charge in [-0.2, -0.15) is 13.2 Å². The molecule has 41 heavy (non-hydrogen) atoms. The van der Waals surface area contributed by atoms with E-state index in [1.165, 1.54) is 18.2 Å². The Morgan fingerprint density at radius 1 is 0.902 bits per heavy atom. The molecule has 12 heteroatoms. The van der Waals surface area contributed by atoms with Crippen LogP contribution in [0.1, 0.15) is 21.7 Å². The highest BCUT2D eigenvalue weighted by molar-refractivity contribution is 7.99. The zero-order chi connectivity index (χ0) is 29.0. The van der Waals surface area contributed by atoms with E-state index >= 15 is 0 Å². The van der Waals surface area contributed by atoms with Gasteiger partial charge in [-0.25, -0.2) is 0 Å². The third-order valence-corrected chi connectivity index (χ3v) is 7.21. The van der Waals surface area contributed by atoms with Gasteiger partial charge in [0.1, 0.15) is 0 Å². The largest absolute Gasteiger partial charge is 0.418 e. The normalized spacial score (nSPS) is 11.4. The topological polar surface area (TPSA) is 88.9 Å². The summed E-state index contributed by atoms with van der Waals surface area (Å²) in [5, 5.41) is 16.1. The molecule has 0 fully saturated rings. The highest BCUT2D eigenvalue weighted by Gasteiger charge is 2.33. The number of alkyl halides is 3. The molecule has 5 aromatic rings. The highest BCUT2D eigenvalue weighted by Crippen LogP contribution is 2.34. The third kappa shape index (κ3) is 6.53. The van der Waals surface area contributed by atoms with Crippen molar-refractivity contribution in [3.8, 4) is 5.69 Å². The number of hydrogen-bond donors (Lipinski definition) is 2. The first-order valence-corrected chi connectivity index (χ1v) is 13.6. The molecule has 7 nitrogen and oxygen atoms in total. The summed E-state index contributed by atoms with van der Waals surface area (Å²) in [6, 6.07) is 24.6. The SMILES string of the molecule is O=C(CSc1nnc(CNC(=O)c2cccc3ccccc23)n1-c1cccc(Cl)c1)Nc1ccccc1C(F)(F)F. The maximum atomic E-state index is 13.3. The summed E-state index contributed by atoms with van der Waals surface area (Å²) < 4.78 is 41.6. The van der Waals surface area contributed by atoms with Gasteiger partial charge in [0.25, 0.3) is 5.91 Å². The molecule has 4 aromatic carbocycles. The predicted octanol–water partition coefficient (Wildman–Crippen LogP) is 6.75. The second-order valence-corrected chi connectivity index (χ2v) is 10.2. The Balaban J connectivity index is 1.35. The number of nitrogens with one attached hydrogen (secondary N) is 2. The number of benzene rings is 4. The van der Waals surface area contributed by atoms with Gasteiger partial charge in [-0.15, -0.1) is 10.2 Å². The maximum absolute atomic E-state index is 13.3. The number of halogens is 4. The van der Waals surface area contributed by atoms with Gasteiger partial charge in [0.2, 0.25) is 5.91 Å². The summed E-state index contributed by atoms with van der Waals surface area (Å²) in [7, 11) is 0. The van der Waals surface area contributed by atoms with Gasteiger partial charge in [0.15, 0.2) is 11.0 Å². The molecule has 0 aliphatic heterocycles. The molecule has 1 heterocycles. The first kappa shape index (κ1) is 28.2. The second kappa shape index (κ2) is 12.0. The lowest BCUT2D eigenvalue weighted by atomic mass is 10.0. The number of carbonyl (C=O) groups excluding carboxylic acids is 2. The van der Waals surface area contributed by atoms with Crippen LogP contribution in [0.25, 0.3) is 16.5 Å². The van der Waals surface area contributed by atoms with Crippen LogP contribution in [0, 0.1) is 0 Å². The number of rotatable bonds is 8. The number of fused-ring (bicyclic) bond motifs is 1. The zero-order valence-corrected chi connectivity index (χ0v) is 22.7. The lowest BCUT2D eigenvalue weighted by Crippen LogP contribution is -2.25. The van der Waals surface area contributed by atoms with Crippen LogP contribution in [0.4, 0.5) is 18.9 Å². The number of nitrogens with zero attached hydrogens (tertiary/aromatic N) is 3. The van der Waals surface area contributed by atoms with Gasteiger partial charge >= 0.3 is 6.18 Å². The Bertz CT molecular complexity index is 1740. The number of hydrogen-bond acceptors (Lipinski definition) is 5. The number of para-hydroxylation sites is 1. The molecule has 0 spiro atoms. The van der Waals surface area contributed by atoms with Crippen LogP contribution in [0.15, 0.2) is 96.2 Å². The molecule has 0 bridgehead atoms. The fourth-order valence-corrected chi connectivity index (χ4v) is 5.17. The Morgan fingerprint density at radius 3 is 2.44 bits per heavy atom. The summed E-state index contributed by atoms with van der Waals surface area (Å²) >= 11 is 7.19. The second-order valence-electron chi connectivity index (χ2n) is 8.80. The van der Waals surface area contributed by atoms with Gasteiger partial charge in [-0.3, -0.25) is 14.2 Å². The quantitative estimate of drug-likeness (QED) is 0.194. The fraction of sp³-hybridized carbons (Fsp3) is 0.103. The summed E-state index contributed by atoms with van der Waals surface area (Å²) in [6.45, 7) is 0.00722. The first-order valence-electron chi connectivity index (χ1n) is 12.3. The molecule has 0 unspecified atom stereocenters. The van der Waals surface area contributed by atoms with Crippen molar-refractivity contribution in [2.24, 2.45) is 0 Å². The number of amides is 2. The summed E-state index contributed by atoms with van der Waals surface area (Å²) in [5.74, 6) is -0.837. The molecule has 0 aliphatic rings. The van der Waals surface area contributed by atoms with Gasteiger partial charge in [0.05, 0.1) is 29.2 Å². The number of aromatic nitrogens is 3. The van der Waals surface area contributed by atoms with Crippen molar-refractivity contribution in [1.82, 2.24) is 20.1 Å². The molecule has 2 amide bonds. The highest BCUT2D eigenvalue weighted by atomic mass is 35.5. The summed E-state index contributed by atoms with van der Waals surface area (Å²) in [6.07, 6.45) is -4.62. The zero-order valence-electron chi connectivity index (χ0n) is 21.2.